The molecule has 17 heavy (non-hydrogen) atoms. The van der Waals surface area contributed by atoms with Crippen LogP contribution in [0.1, 0.15) is 25.7 Å². The Kier molecular flexibility index (Phi) is 4.25. The molecule has 0 aliphatic rings. The first-order valence-corrected chi connectivity index (χ1v) is 6.60. The first-order chi connectivity index (χ1) is 8.33. The number of hydrogen-bond acceptors (Lipinski definition) is 3. The molecule has 5 heteroatoms. The van der Waals surface area contributed by atoms with E-state index in [2.05, 4.69) is 17.7 Å². The molecule has 2 aromatic rings. The van der Waals surface area contributed by atoms with Crippen LogP contribution in [-0.2, 0) is 6.54 Å². The highest BCUT2D eigenvalue weighted by Gasteiger charge is 2.02. The molecule has 2 aromatic heterocycles. The fourth-order valence-corrected chi connectivity index (χ4v) is 2.11. The Labute approximate surface area is 106 Å². The molecule has 2 heterocycles. The minimum atomic E-state index is 0.0409. The minimum absolute atomic E-state index is 0.0409. The zero-order valence-electron chi connectivity index (χ0n) is 9.75. The molecule has 0 saturated carbocycles. The summed E-state index contributed by atoms with van der Waals surface area (Å²) >= 11 is 4.18. The van der Waals surface area contributed by atoms with Crippen molar-refractivity contribution in [3.05, 3.63) is 35.0 Å². The molecule has 0 spiro atoms. The second kappa shape index (κ2) is 5.91. The normalized spacial score (nSPS) is 11.1. The minimum Gasteiger partial charge on any atom is -0.312 e. The maximum Gasteiger partial charge on any atom is 0.276 e. The molecule has 0 bridgehead atoms. The summed E-state index contributed by atoms with van der Waals surface area (Å²) in [6.45, 7) is 0.785. The summed E-state index contributed by atoms with van der Waals surface area (Å²) in [5.74, 6) is 0.946. The van der Waals surface area contributed by atoms with E-state index in [4.69, 9.17) is 0 Å². The first kappa shape index (κ1) is 12.2. The number of thiol groups is 1. The second-order valence-electron chi connectivity index (χ2n) is 4.10. The van der Waals surface area contributed by atoms with Crippen LogP contribution in [-0.4, -0.2) is 19.9 Å². The standard InChI is InChI=1S/C12H17N3OS/c16-12-11-5-6-13-15(11)9-8-14(12)7-3-1-2-4-10-17/h5-6,8-9,17H,1-4,7,10H2. The van der Waals surface area contributed by atoms with Crippen LogP contribution in [0.5, 0.6) is 0 Å². The van der Waals surface area contributed by atoms with E-state index in [-0.39, 0.29) is 5.56 Å². The maximum absolute atomic E-state index is 12.0. The van der Waals surface area contributed by atoms with E-state index in [1.54, 1.807) is 27.5 Å². The lowest BCUT2D eigenvalue weighted by Gasteiger charge is -2.05. The van der Waals surface area contributed by atoms with Crippen molar-refractivity contribution in [3.63, 3.8) is 0 Å². The Hall–Kier alpha value is -1.23. The molecule has 0 atom stereocenters. The van der Waals surface area contributed by atoms with E-state index in [1.165, 1.54) is 6.42 Å². The Morgan fingerprint density at radius 3 is 2.82 bits per heavy atom. The topological polar surface area (TPSA) is 39.3 Å². The Morgan fingerprint density at radius 1 is 1.18 bits per heavy atom. The van der Waals surface area contributed by atoms with Crippen LogP contribution < -0.4 is 5.56 Å². The lowest BCUT2D eigenvalue weighted by Crippen LogP contribution is -2.21. The van der Waals surface area contributed by atoms with Crippen LogP contribution in [0.2, 0.25) is 0 Å². The van der Waals surface area contributed by atoms with Gasteiger partial charge in [-0.2, -0.15) is 17.7 Å². The van der Waals surface area contributed by atoms with Gasteiger partial charge in [0.15, 0.2) is 0 Å². The van der Waals surface area contributed by atoms with Crippen molar-refractivity contribution >= 4 is 18.1 Å². The van der Waals surface area contributed by atoms with Crippen molar-refractivity contribution in [1.29, 1.82) is 0 Å². The molecule has 0 aliphatic carbocycles. The first-order valence-electron chi connectivity index (χ1n) is 5.96. The molecular weight excluding hydrogens is 234 g/mol. The van der Waals surface area contributed by atoms with E-state index < -0.39 is 0 Å². The highest BCUT2D eigenvalue weighted by Crippen LogP contribution is 2.03. The quantitative estimate of drug-likeness (QED) is 0.630. The fraction of sp³-hybridized carbons (Fsp3) is 0.500. The van der Waals surface area contributed by atoms with Gasteiger partial charge in [-0.3, -0.25) is 4.79 Å². The van der Waals surface area contributed by atoms with E-state index in [0.717, 1.165) is 31.6 Å². The lowest BCUT2D eigenvalue weighted by atomic mass is 10.2. The summed E-state index contributed by atoms with van der Waals surface area (Å²) in [6.07, 6.45) is 9.81. The van der Waals surface area contributed by atoms with Crippen molar-refractivity contribution in [2.45, 2.75) is 32.2 Å². The van der Waals surface area contributed by atoms with Crippen LogP contribution in [0.4, 0.5) is 0 Å². The van der Waals surface area contributed by atoms with Crippen molar-refractivity contribution in [3.8, 4) is 0 Å². The van der Waals surface area contributed by atoms with Gasteiger partial charge >= 0.3 is 0 Å². The van der Waals surface area contributed by atoms with Crippen molar-refractivity contribution in [1.82, 2.24) is 14.2 Å². The maximum atomic E-state index is 12.0. The molecule has 0 unspecified atom stereocenters. The molecule has 0 aromatic carbocycles. The zero-order valence-corrected chi connectivity index (χ0v) is 10.6. The summed E-state index contributed by atoms with van der Waals surface area (Å²) < 4.78 is 3.37. The number of nitrogens with zero attached hydrogens (tertiary/aromatic N) is 3. The van der Waals surface area contributed by atoms with Crippen molar-refractivity contribution in [2.75, 3.05) is 5.75 Å². The van der Waals surface area contributed by atoms with Gasteiger partial charge in [-0.15, -0.1) is 0 Å². The van der Waals surface area contributed by atoms with E-state index in [9.17, 15) is 4.79 Å². The van der Waals surface area contributed by atoms with Gasteiger partial charge in [0.2, 0.25) is 0 Å². The summed E-state index contributed by atoms with van der Waals surface area (Å²) in [4.78, 5) is 12.0. The van der Waals surface area contributed by atoms with Gasteiger partial charge in [0, 0.05) is 18.9 Å². The van der Waals surface area contributed by atoms with Gasteiger partial charge in [0.05, 0.1) is 6.20 Å². The average molecular weight is 251 g/mol. The van der Waals surface area contributed by atoms with Crippen molar-refractivity contribution < 1.29 is 0 Å². The molecule has 0 fully saturated rings. The molecular formula is C12H17N3OS. The third-order valence-corrected chi connectivity index (χ3v) is 3.16. The average Bonchev–Trinajstić information content (AvgIpc) is 2.80. The largest absolute Gasteiger partial charge is 0.312 e. The highest BCUT2D eigenvalue weighted by atomic mass is 32.1. The highest BCUT2D eigenvalue weighted by molar-refractivity contribution is 7.80. The summed E-state index contributed by atoms with van der Waals surface area (Å²) in [7, 11) is 0. The number of aryl methyl sites for hydroxylation is 1. The van der Waals surface area contributed by atoms with Gasteiger partial charge < -0.3 is 4.57 Å². The predicted octanol–water partition coefficient (Wildman–Crippen LogP) is 1.99. The molecule has 0 aliphatic heterocycles. The molecule has 92 valence electrons. The van der Waals surface area contributed by atoms with Crippen LogP contribution in [0.3, 0.4) is 0 Å². The molecule has 2 rings (SSSR count). The van der Waals surface area contributed by atoms with E-state index >= 15 is 0 Å². The third-order valence-electron chi connectivity index (χ3n) is 2.85. The number of unbranched alkanes of at least 4 members (excludes halogenated alkanes) is 3. The van der Waals surface area contributed by atoms with Gasteiger partial charge in [-0.1, -0.05) is 12.8 Å². The number of rotatable bonds is 6. The zero-order chi connectivity index (χ0) is 12.1. The number of aromatic nitrogens is 3. The smallest absolute Gasteiger partial charge is 0.276 e. The van der Waals surface area contributed by atoms with Crippen LogP contribution in [0.15, 0.2) is 29.5 Å². The van der Waals surface area contributed by atoms with Crippen LogP contribution in [0.25, 0.3) is 5.52 Å². The van der Waals surface area contributed by atoms with E-state index in [1.807, 2.05) is 6.20 Å². The fourth-order valence-electron chi connectivity index (χ4n) is 1.88. The monoisotopic (exact) mass is 251 g/mol. The lowest BCUT2D eigenvalue weighted by molar-refractivity contribution is 0.570. The van der Waals surface area contributed by atoms with Gasteiger partial charge in [0.1, 0.15) is 5.52 Å². The number of fused-ring (bicyclic) bond motifs is 1. The summed E-state index contributed by atoms with van der Waals surface area (Å²) in [5, 5.41) is 4.04. The SMILES string of the molecule is O=c1c2ccnn2ccn1CCCCCCS. The molecule has 0 N–H and O–H groups in total. The molecule has 4 nitrogen and oxygen atoms in total. The summed E-state index contributed by atoms with van der Waals surface area (Å²) in [5.41, 5.74) is 0.682. The Balaban J connectivity index is 1.99. The van der Waals surface area contributed by atoms with E-state index in [0.29, 0.717) is 5.52 Å². The third kappa shape index (κ3) is 2.91. The van der Waals surface area contributed by atoms with Crippen LogP contribution in [0, 0.1) is 0 Å². The molecule has 0 radical (unpaired) electrons. The number of hydrogen-bond donors (Lipinski definition) is 1. The van der Waals surface area contributed by atoms with Gasteiger partial charge in [-0.05, 0) is 24.7 Å². The molecule has 0 saturated heterocycles. The van der Waals surface area contributed by atoms with Crippen LogP contribution >= 0.6 is 12.6 Å². The second-order valence-corrected chi connectivity index (χ2v) is 4.54. The predicted molar refractivity (Wildman–Crippen MR) is 71.8 cm³/mol. The Bertz CT molecular complexity index is 532. The van der Waals surface area contributed by atoms with Crippen molar-refractivity contribution in [2.24, 2.45) is 0 Å². The van der Waals surface area contributed by atoms with Gasteiger partial charge in [-0.25, -0.2) is 4.52 Å². The Morgan fingerprint density at radius 2 is 2.00 bits per heavy atom. The summed E-state index contributed by atoms with van der Waals surface area (Å²) in [6, 6.07) is 1.75. The van der Waals surface area contributed by atoms with Gasteiger partial charge in [0.25, 0.3) is 5.56 Å². The molecule has 0 amide bonds.